The van der Waals surface area contributed by atoms with Crippen LogP contribution in [0, 0.1) is 11.3 Å². The van der Waals surface area contributed by atoms with E-state index >= 15 is 0 Å². The van der Waals surface area contributed by atoms with Crippen molar-refractivity contribution in [2.24, 2.45) is 11.3 Å². The molecule has 4 rings (SSSR count). The van der Waals surface area contributed by atoms with Gasteiger partial charge in [0.05, 0.1) is 0 Å². The van der Waals surface area contributed by atoms with E-state index in [0.29, 0.717) is 0 Å². The summed E-state index contributed by atoms with van der Waals surface area (Å²) < 4.78 is 11.2. The zero-order valence-electron chi connectivity index (χ0n) is 12.6. The van der Waals surface area contributed by atoms with Gasteiger partial charge in [0.15, 0.2) is 0 Å². The van der Waals surface area contributed by atoms with E-state index in [1.807, 2.05) is 60.7 Å². The maximum atomic E-state index is 12.6. The number of hydrogen-bond acceptors (Lipinski definition) is 4. The van der Waals surface area contributed by atoms with E-state index in [9.17, 15) is 9.59 Å². The Morgan fingerprint density at radius 3 is 2.00 bits per heavy atom. The fraction of sp³-hybridized carbons (Fsp3) is 0.263. The summed E-state index contributed by atoms with van der Waals surface area (Å²) in [5, 5.41) is 0. The average Bonchev–Trinajstić information content (AvgIpc) is 3.01. The topological polar surface area (TPSA) is 52.6 Å². The maximum Gasteiger partial charge on any atom is 0.317 e. The number of carbonyl (C=O) groups excluding carboxylic acids is 2. The summed E-state index contributed by atoms with van der Waals surface area (Å²) >= 11 is 0. The highest BCUT2D eigenvalue weighted by molar-refractivity contribution is 5.92. The van der Waals surface area contributed by atoms with Crippen molar-refractivity contribution in [2.75, 3.05) is 0 Å². The third kappa shape index (κ3) is 1.91. The molecule has 0 bridgehead atoms. The first-order valence-corrected chi connectivity index (χ1v) is 7.64. The first-order chi connectivity index (χ1) is 11.1. The highest BCUT2D eigenvalue weighted by Gasteiger charge is 2.68. The molecule has 4 heteroatoms. The Morgan fingerprint density at radius 1 is 0.826 bits per heavy atom. The van der Waals surface area contributed by atoms with E-state index < -0.39 is 23.5 Å². The predicted octanol–water partition coefficient (Wildman–Crippen LogP) is 3.21. The van der Waals surface area contributed by atoms with Crippen molar-refractivity contribution < 1.29 is 19.1 Å². The molecule has 0 spiro atoms. The van der Waals surface area contributed by atoms with Gasteiger partial charge in [0.2, 0.25) is 0 Å². The van der Waals surface area contributed by atoms with Crippen LogP contribution in [0.15, 0.2) is 60.7 Å². The normalized spacial score (nSPS) is 32.3. The van der Waals surface area contributed by atoms with Crippen LogP contribution in [0.3, 0.4) is 0 Å². The third-order valence-electron chi connectivity index (χ3n) is 4.89. The van der Waals surface area contributed by atoms with Crippen molar-refractivity contribution in [3.05, 3.63) is 71.8 Å². The quantitative estimate of drug-likeness (QED) is 0.799. The first-order valence-electron chi connectivity index (χ1n) is 7.64. The van der Waals surface area contributed by atoms with Crippen LogP contribution >= 0.6 is 0 Å². The summed E-state index contributed by atoms with van der Waals surface area (Å²) in [5.74, 6) is -1.38. The van der Waals surface area contributed by atoms with Gasteiger partial charge in [-0.3, -0.25) is 9.59 Å². The van der Waals surface area contributed by atoms with E-state index in [1.54, 1.807) is 6.92 Å². The molecule has 23 heavy (non-hydrogen) atoms. The smallest absolute Gasteiger partial charge is 0.317 e. The molecule has 0 radical (unpaired) electrons. The molecule has 2 aromatic carbocycles. The monoisotopic (exact) mass is 308 g/mol. The molecule has 0 N–H and O–H groups in total. The Labute approximate surface area is 134 Å². The zero-order valence-corrected chi connectivity index (χ0v) is 12.6. The highest BCUT2D eigenvalue weighted by atomic mass is 16.6. The minimum atomic E-state index is -1.00. The second-order valence-corrected chi connectivity index (χ2v) is 6.22. The Morgan fingerprint density at radius 2 is 1.39 bits per heavy atom. The van der Waals surface area contributed by atoms with Crippen LogP contribution in [-0.4, -0.2) is 11.9 Å². The molecule has 2 fully saturated rings. The molecule has 2 heterocycles. The summed E-state index contributed by atoms with van der Waals surface area (Å²) in [4.78, 5) is 25.2. The summed E-state index contributed by atoms with van der Waals surface area (Å²) in [5.41, 5.74) is 0.635. The van der Waals surface area contributed by atoms with Crippen molar-refractivity contribution in [3.8, 4) is 0 Å². The Kier molecular flexibility index (Phi) is 3.01. The second kappa shape index (κ2) is 4.95. The van der Waals surface area contributed by atoms with Crippen LogP contribution in [0.2, 0.25) is 0 Å². The summed E-state index contributed by atoms with van der Waals surface area (Å²) in [6, 6.07) is 18.7. The van der Waals surface area contributed by atoms with Gasteiger partial charge in [0, 0.05) is 0 Å². The lowest BCUT2D eigenvalue weighted by atomic mass is 9.72. The lowest BCUT2D eigenvalue weighted by molar-refractivity contribution is -0.158. The van der Waals surface area contributed by atoms with Crippen LogP contribution in [0.1, 0.15) is 30.3 Å². The molecule has 0 unspecified atom stereocenters. The Hall–Kier alpha value is -2.62. The second-order valence-electron chi connectivity index (χ2n) is 6.22. The fourth-order valence-electron chi connectivity index (χ4n) is 3.65. The molecule has 2 saturated heterocycles. The maximum absolute atomic E-state index is 12.6. The summed E-state index contributed by atoms with van der Waals surface area (Å²) in [7, 11) is 0. The number of cyclic esters (lactones) is 2. The molecule has 0 aromatic heterocycles. The molecule has 0 saturated carbocycles. The van der Waals surface area contributed by atoms with E-state index in [0.717, 1.165) is 11.1 Å². The third-order valence-corrected chi connectivity index (χ3v) is 4.89. The lowest BCUT2D eigenvalue weighted by Gasteiger charge is -2.23. The number of hydrogen-bond donors (Lipinski definition) is 0. The first kappa shape index (κ1) is 14.0. The molecule has 2 aliphatic rings. The largest absolute Gasteiger partial charge is 0.456 e. The minimum absolute atomic E-state index is 0.374. The minimum Gasteiger partial charge on any atom is -0.456 e. The van der Waals surface area contributed by atoms with Gasteiger partial charge >= 0.3 is 11.9 Å². The molecular formula is C19H16O4. The summed E-state index contributed by atoms with van der Waals surface area (Å²) in [6.45, 7) is 1.77. The van der Waals surface area contributed by atoms with Gasteiger partial charge in [0.25, 0.3) is 0 Å². The van der Waals surface area contributed by atoms with Crippen molar-refractivity contribution in [3.63, 3.8) is 0 Å². The fourth-order valence-corrected chi connectivity index (χ4v) is 3.65. The van der Waals surface area contributed by atoms with Gasteiger partial charge in [-0.15, -0.1) is 0 Å². The zero-order chi connectivity index (χ0) is 16.0. The predicted molar refractivity (Wildman–Crippen MR) is 82.1 cm³/mol. The molecule has 2 aromatic rings. The van der Waals surface area contributed by atoms with Gasteiger partial charge in [-0.1, -0.05) is 60.7 Å². The van der Waals surface area contributed by atoms with Crippen molar-refractivity contribution in [1.29, 1.82) is 0 Å². The van der Waals surface area contributed by atoms with E-state index in [4.69, 9.17) is 9.47 Å². The number of benzene rings is 2. The van der Waals surface area contributed by atoms with Gasteiger partial charge in [-0.2, -0.15) is 0 Å². The Balaban J connectivity index is 1.79. The SMILES string of the molecule is C[C@]12C(=O)O[C@@H](c3ccccc3)[C@H]1C(=O)O[C@@H]2c1ccccc1. The van der Waals surface area contributed by atoms with E-state index in [2.05, 4.69) is 0 Å². The average molecular weight is 308 g/mol. The van der Waals surface area contributed by atoms with E-state index in [-0.39, 0.29) is 11.9 Å². The molecule has 116 valence electrons. The van der Waals surface area contributed by atoms with Crippen LogP contribution in [0.4, 0.5) is 0 Å². The van der Waals surface area contributed by atoms with Crippen LogP contribution in [0.5, 0.6) is 0 Å². The van der Waals surface area contributed by atoms with Crippen molar-refractivity contribution >= 4 is 11.9 Å². The van der Waals surface area contributed by atoms with Crippen LogP contribution in [0.25, 0.3) is 0 Å². The van der Waals surface area contributed by atoms with Crippen LogP contribution < -0.4 is 0 Å². The standard InChI is InChI=1S/C19H16O4/c1-19-14(15(22-18(19)21)12-8-4-2-5-9-12)17(20)23-16(19)13-10-6-3-7-11-13/h2-11,14-16H,1H3/t14-,15-,16+,19-/m0/s1. The molecule has 2 aliphatic heterocycles. The van der Waals surface area contributed by atoms with Crippen molar-refractivity contribution in [2.45, 2.75) is 19.1 Å². The molecule has 0 aliphatic carbocycles. The Bertz CT molecular complexity index is 755. The highest BCUT2D eigenvalue weighted by Crippen LogP contribution is 2.59. The van der Waals surface area contributed by atoms with Gasteiger partial charge < -0.3 is 9.47 Å². The van der Waals surface area contributed by atoms with Gasteiger partial charge in [-0.05, 0) is 18.1 Å². The lowest BCUT2D eigenvalue weighted by Crippen LogP contribution is -2.32. The number of carbonyl (C=O) groups is 2. The van der Waals surface area contributed by atoms with E-state index in [1.165, 1.54) is 0 Å². The van der Waals surface area contributed by atoms with Crippen molar-refractivity contribution in [1.82, 2.24) is 0 Å². The molecular weight excluding hydrogens is 292 g/mol. The van der Waals surface area contributed by atoms with Gasteiger partial charge in [0.1, 0.15) is 23.5 Å². The van der Waals surface area contributed by atoms with Crippen LogP contribution in [-0.2, 0) is 19.1 Å². The van der Waals surface area contributed by atoms with Gasteiger partial charge in [-0.25, -0.2) is 0 Å². The number of rotatable bonds is 2. The molecule has 0 amide bonds. The number of ether oxygens (including phenoxy) is 2. The molecule has 4 atom stereocenters. The summed E-state index contributed by atoms with van der Waals surface area (Å²) in [6.07, 6.45) is -1.20. The molecule has 4 nitrogen and oxygen atoms in total. The number of fused-ring (bicyclic) bond motifs is 1. The number of esters is 2.